The Kier molecular flexibility index (Phi) is 8.20. The quantitative estimate of drug-likeness (QED) is 0.283. The molecule has 7 nitrogen and oxygen atoms in total. The lowest BCUT2D eigenvalue weighted by Crippen LogP contribution is -2.37. The summed E-state index contributed by atoms with van der Waals surface area (Å²) in [5.41, 5.74) is 0.584. The number of carboxylic acid groups (broad SMARTS) is 1. The topological polar surface area (TPSA) is 86.6 Å². The van der Waals surface area contributed by atoms with Crippen LogP contribution in [0.5, 0.6) is 0 Å². The fourth-order valence-electron chi connectivity index (χ4n) is 4.93. The van der Waals surface area contributed by atoms with Gasteiger partial charge in [0, 0.05) is 30.2 Å². The number of aromatic nitrogens is 1. The zero-order chi connectivity index (χ0) is 27.4. The van der Waals surface area contributed by atoms with Crippen molar-refractivity contribution in [1.29, 1.82) is 0 Å². The van der Waals surface area contributed by atoms with Gasteiger partial charge in [-0.15, -0.1) is 0 Å². The number of rotatable bonds is 7. The van der Waals surface area contributed by atoms with Gasteiger partial charge in [-0.1, -0.05) is 30.9 Å². The number of carboxylic acids is 1. The second kappa shape index (κ2) is 11.4. The maximum absolute atomic E-state index is 13.3. The molecule has 1 aliphatic rings. The van der Waals surface area contributed by atoms with Crippen LogP contribution >= 0.6 is 11.6 Å². The lowest BCUT2D eigenvalue weighted by Gasteiger charge is -2.36. The summed E-state index contributed by atoms with van der Waals surface area (Å²) in [7, 11) is 0. The normalized spacial score (nSPS) is 14.2. The summed E-state index contributed by atoms with van der Waals surface area (Å²) in [6.07, 6.45) is 2.32. The highest BCUT2D eigenvalue weighted by atomic mass is 35.5. The molecular formula is C27H28ClF3N4O3. The number of anilines is 3. The Balaban J connectivity index is 1.68. The molecule has 3 N–H and O–H groups in total. The van der Waals surface area contributed by atoms with Crippen LogP contribution in [0.1, 0.15) is 55.1 Å². The summed E-state index contributed by atoms with van der Waals surface area (Å²) in [4.78, 5) is 26.9. The van der Waals surface area contributed by atoms with Gasteiger partial charge in [-0.2, -0.15) is 13.2 Å². The SMILES string of the molecule is CCN(c1ccc(-n2cccc2C(=O)O)cc1NC(=O)Nc1ccc(Cl)c(C(F)(F)F)c1)C1CCCCC1. The van der Waals surface area contributed by atoms with Gasteiger partial charge in [0.05, 0.1) is 22.0 Å². The molecule has 38 heavy (non-hydrogen) atoms. The molecule has 0 radical (unpaired) electrons. The minimum absolute atomic E-state index is 0.0497. The molecule has 11 heteroatoms. The number of nitrogens with zero attached hydrogens (tertiary/aromatic N) is 2. The summed E-state index contributed by atoms with van der Waals surface area (Å²) in [5.74, 6) is -1.10. The molecular weight excluding hydrogens is 521 g/mol. The highest BCUT2D eigenvalue weighted by Gasteiger charge is 2.33. The molecule has 202 valence electrons. The van der Waals surface area contributed by atoms with E-state index in [4.69, 9.17) is 11.6 Å². The number of carbonyl (C=O) groups is 2. The van der Waals surface area contributed by atoms with Crippen molar-refractivity contribution < 1.29 is 27.9 Å². The van der Waals surface area contributed by atoms with E-state index >= 15 is 0 Å². The molecule has 0 unspecified atom stereocenters. The molecule has 0 spiro atoms. The first-order valence-corrected chi connectivity index (χ1v) is 12.7. The minimum atomic E-state index is -4.67. The number of aromatic carboxylic acids is 1. The van der Waals surface area contributed by atoms with Crippen LogP contribution in [-0.4, -0.2) is 34.3 Å². The van der Waals surface area contributed by atoms with E-state index in [1.54, 1.807) is 24.4 Å². The van der Waals surface area contributed by atoms with Crippen molar-refractivity contribution in [3.63, 3.8) is 0 Å². The maximum Gasteiger partial charge on any atom is 0.417 e. The molecule has 1 heterocycles. The Morgan fingerprint density at radius 1 is 1.08 bits per heavy atom. The summed E-state index contributed by atoms with van der Waals surface area (Å²) < 4.78 is 41.3. The van der Waals surface area contributed by atoms with Crippen molar-refractivity contribution in [3.05, 3.63) is 71.0 Å². The van der Waals surface area contributed by atoms with Gasteiger partial charge < -0.3 is 25.2 Å². The van der Waals surface area contributed by atoms with Gasteiger partial charge in [0.2, 0.25) is 0 Å². The van der Waals surface area contributed by atoms with Crippen LogP contribution in [0.25, 0.3) is 5.69 Å². The lowest BCUT2D eigenvalue weighted by molar-refractivity contribution is -0.137. The third-order valence-electron chi connectivity index (χ3n) is 6.67. The largest absolute Gasteiger partial charge is 0.477 e. The van der Waals surface area contributed by atoms with E-state index in [1.807, 2.05) is 13.0 Å². The Morgan fingerprint density at radius 2 is 1.82 bits per heavy atom. The average molecular weight is 549 g/mol. The lowest BCUT2D eigenvalue weighted by atomic mass is 9.93. The number of benzene rings is 2. The monoisotopic (exact) mass is 548 g/mol. The number of amides is 2. The van der Waals surface area contributed by atoms with Crippen molar-refractivity contribution >= 4 is 40.7 Å². The molecule has 2 amide bonds. The third kappa shape index (κ3) is 6.07. The van der Waals surface area contributed by atoms with Crippen molar-refractivity contribution in [2.75, 3.05) is 22.1 Å². The molecule has 3 aromatic rings. The van der Waals surface area contributed by atoms with Crippen molar-refractivity contribution in [2.45, 2.75) is 51.2 Å². The number of urea groups is 1. The molecule has 4 rings (SSSR count). The zero-order valence-corrected chi connectivity index (χ0v) is 21.4. The fourth-order valence-corrected chi connectivity index (χ4v) is 5.15. The minimum Gasteiger partial charge on any atom is -0.477 e. The molecule has 0 saturated heterocycles. The highest BCUT2D eigenvalue weighted by Crippen LogP contribution is 2.37. The van der Waals surface area contributed by atoms with Gasteiger partial charge in [-0.25, -0.2) is 9.59 Å². The number of hydrogen-bond donors (Lipinski definition) is 3. The maximum atomic E-state index is 13.3. The highest BCUT2D eigenvalue weighted by molar-refractivity contribution is 6.31. The second-order valence-electron chi connectivity index (χ2n) is 9.12. The van der Waals surface area contributed by atoms with E-state index in [2.05, 4.69) is 15.5 Å². The van der Waals surface area contributed by atoms with Crippen LogP contribution in [0.2, 0.25) is 5.02 Å². The fraction of sp³-hybridized carbons (Fsp3) is 0.333. The van der Waals surface area contributed by atoms with E-state index in [-0.39, 0.29) is 17.4 Å². The summed E-state index contributed by atoms with van der Waals surface area (Å²) in [5, 5.41) is 14.3. The van der Waals surface area contributed by atoms with Gasteiger partial charge in [0.1, 0.15) is 5.69 Å². The molecule has 0 bridgehead atoms. The summed E-state index contributed by atoms with van der Waals surface area (Å²) in [6, 6.07) is 11.0. The average Bonchev–Trinajstić information content (AvgIpc) is 3.37. The number of hydrogen-bond acceptors (Lipinski definition) is 3. The number of alkyl halides is 3. The Labute approximate surface area is 223 Å². The Morgan fingerprint density at radius 3 is 2.47 bits per heavy atom. The first-order chi connectivity index (χ1) is 18.1. The Bertz CT molecular complexity index is 1320. The van der Waals surface area contributed by atoms with Gasteiger partial charge in [-0.05, 0) is 68.3 Å². The van der Waals surface area contributed by atoms with Crippen LogP contribution < -0.4 is 15.5 Å². The summed E-state index contributed by atoms with van der Waals surface area (Å²) in [6.45, 7) is 2.70. The van der Waals surface area contributed by atoms with Gasteiger partial charge in [-0.3, -0.25) is 0 Å². The van der Waals surface area contributed by atoms with Crippen LogP contribution in [0.4, 0.5) is 35.0 Å². The van der Waals surface area contributed by atoms with Gasteiger partial charge >= 0.3 is 18.2 Å². The van der Waals surface area contributed by atoms with Crippen molar-refractivity contribution in [2.24, 2.45) is 0 Å². The predicted octanol–water partition coefficient (Wildman–Crippen LogP) is 7.65. The number of carbonyl (C=O) groups excluding carboxylic acids is 1. The van der Waals surface area contributed by atoms with Crippen LogP contribution in [0.3, 0.4) is 0 Å². The molecule has 2 aromatic carbocycles. The van der Waals surface area contributed by atoms with E-state index in [0.717, 1.165) is 43.5 Å². The van der Waals surface area contributed by atoms with Crippen LogP contribution in [0, 0.1) is 0 Å². The van der Waals surface area contributed by atoms with E-state index in [9.17, 15) is 27.9 Å². The molecule has 1 saturated carbocycles. The smallest absolute Gasteiger partial charge is 0.417 e. The number of halogens is 4. The molecule has 0 atom stereocenters. The number of nitrogens with one attached hydrogen (secondary N) is 2. The van der Waals surface area contributed by atoms with E-state index < -0.39 is 28.8 Å². The summed E-state index contributed by atoms with van der Waals surface area (Å²) >= 11 is 5.70. The zero-order valence-electron chi connectivity index (χ0n) is 20.7. The third-order valence-corrected chi connectivity index (χ3v) is 7.00. The van der Waals surface area contributed by atoms with Crippen LogP contribution in [-0.2, 0) is 6.18 Å². The molecule has 1 aliphatic carbocycles. The van der Waals surface area contributed by atoms with Crippen LogP contribution in [0.15, 0.2) is 54.7 Å². The Hall–Kier alpha value is -3.66. The van der Waals surface area contributed by atoms with E-state index in [1.165, 1.54) is 23.1 Å². The standard InChI is InChI=1S/C27H28ClF3N4O3/c1-2-34(18-7-4-3-5-8-18)23-13-11-19(35-14-6-9-24(35)25(36)37)16-22(23)33-26(38)32-17-10-12-21(28)20(15-17)27(29,30)31/h6,9-16,18H,2-5,7-8H2,1H3,(H,36,37)(H2,32,33,38). The van der Waals surface area contributed by atoms with Gasteiger partial charge in [0.15, 0.2) is 0 Å². The van der Waals surface area contributed by atoms with Crippen molar-refractivity contribution in [1.82, 2.24) is 4.57 Å². The molecule has 0 aliphatic heterocycles. The second-order valence-corrected chi connectivity index (χ2v) is 9.53. The molecule has 1 fully saturated rings. The van der Waals surface area contributed by atoms with Crippen molar-refractivity contribution in [3.8, 4) is 5.69 Å². The van der Waals surface area contributed by atoms with Gasteiger partial charge in [0.25, 0.3) is 0 Å². The first kappa shape index (κ1) is 27.4. The van der Waals surface area contributed by atoms with E-state index in [0.29, 0.717) is 17.9 Å². The first-order valence-electron chi connectivity index (χ1n) is 12.3. The molecule has 1 aromatic heterocycles. The predicted molar refractivity (Wildman–Crippen MR) is 142 cm³/mol.